The van der Waals surface area contributed by atoms with Gasteiger partial charge in [-0.05, 0) is 26.8 Å². The van der Waals surface area contributed by atoms with Gasteiger partial charge in [0, 0.05) is 25.7 Å². The highest BCUT2D eigenvalue weighted by atomic mass is 35.5. The molecule has 0 unspecified atom stereocenters. The number of nitro groups is 1. The Kier molecular flexibility index (Phi) is 6.13. The first-order valence-corrected chi connectivity index (χ1v) is 8.69. The molecule has 0 radical (unpaired) electrons. The lowest BCUT2D eigenvalue weighted by Crippen LogP contribution is -2.57. The highest BCUT2D eigenvalue weighted by Crippen LogP contribution is 2.35. The molecule has 1 fully saturated rings. The van der Waals surface area contributed by atoms with Crippen LogP contribution in [0.5, 0.6) is 0 Å². The summed E-state index contributed by atoms with van der Waals surface area (Å²) in [6.07, 6.45) is -0.520. The maximum absolute atomic E-state index is 12.3. The monoisotopic (exact) mass is 396 g/mol. The minimum atomic E-state index is -0.662. The second-order valence-electron chi connectivity index (χ2n) is 7.12. The Morgan fingerprint density at radius 2 is 2.15 bits per heavy atom. The Morgan fingerprint density at radius 1 is 1.48 bits per heavy atom. The Balaban J connectivity index is 2.25. The molecule has 146 valence electrons. The zero-order chi connectivity index (χ0) is 20.4. The third kappa shape index (κ3) is 4.59. The molecular formula is C17H21ClN4O5. The molecule has 9 nitrogen and oxygen atoms in total. The molecule has 2 rings (SSSR count). The first kappa shape index (κ1) is 20.7. The largest absolute Gasteiger partial charge is 0.444 e. The molecule has 0 aliphatic carbocycles. The number of ether oxygens (including phenoxy) is 1. The number of aliphatic hydroxyl groups excluding tert-OH is 1. The van der Waals surface area contributed by atoms with Crippen LogP contribution >= 0.6 is 11.6 Å². The molecule has 0 saturated carbocycles. The molecule has 1 aromatic rings. The average molecular weight is 397 g/mol. The molecule has 10 heteroatoms. The fourth-order valence-corrected chi connectivity index (χ4v) is 3.17. The molecule has 1 aliphatic rings. The minimum Gasteiger partial charge on any atom is -0.444 e. The molecule has 0 bridgehead atoms. The number of benzene rings is 1. The Bertz CT molecular complexity index is 787. The second-order valence-corrected chi connectivity index (χ2v) is 7.50. The van der Waals surface area contributed by atoms with E-state index in [9.17, 15) is 25.3 Å². The standard InChI is InChI=1S/C17H21ClN4O5/c1-17(2,3)27-16(24)21-7-6-20(9-11(21)10-23)14-5-4-13(22(25)26)12(8-19)15(14)18/h4-5,11,23H,6-7,9-10H2,1-3H3/t11-/m1/s1. The van der Waals surface area contributed by atoms with E-state index in [1.54, 1.807) is 31.7 Å². The minimum absolute atomic E-state index is 0.0193. The van der Waals surface area contributed by atoms with Crippen molar-refractivity contribution in [2.24, 2.45) is 0 Å². The summed E-state index contributed by atoms with van der Waals surface area (Å²) < 4.78 is 5.37. The van der Waals surface area contributed by atoms with E-state index in [1.165, 1.54) is 17.0 Å². The van der Waals surface area contributed by atoms with Crippen molar-refractivity contribution in [1.82, 2.24) is 4.90 Å². The molecule has 1 N–H and O–H groups in total. The Morgan fingerprint density at radius 3 is 2.67 bits per heavy atom. The predicted molar refractivity (Wildman–Crippen MR) is 98.8 cm³/mol. The van der Waals surface area contributed by atoms with Gasteiger partial charge in [-0.3, -0.25) is 15.0 Å². The lowest BCUT2D eigenvalue weighted by molar-refractivity contribution is -0.385. The number of rotatable bonds is 3. The van der Waals surface area contributed by atoms with Gasteiger partial charge in [-0.2, -0.15) is 5.26 Å². The van der Waals surface area contributed by atoms with Gasteiger partial charge in [0.25, 0.3) is 5.69 Å². The van der Waals surface area contributed by atoms with Crippen molar-refractivity contribution >= 4 is 29.1 Å². The van der Waals surface area contributed by atoms with E-state index < -0.39 is 22.7 Å². The third-order valence-corrected chi connectivity index (χ3v) is 4.45. The van der Waals surface area contributed by atoms with E-state index in [-0.39, 0.29) is 36.0 Å². The topological polar surface area (TPSA) is 120 Å². The van der Waals surface area contributed by atoms with Crippen LogP contribution in [0.15, 0.2) is 12.1 Å². The van der Waals surface area contributed by atoms with Crippen LogP contribution in [0.2, 0.25) is 5.02 Å². The van der Waals surface area contributed by atoms with Gasteiger partial charge in [0.1, 0.15) is 11.7 Å². The highest BCUT2D eigenvalue weighted by Gasteiger charge is 2.34. The molecule has 27 heavy (non-hydrogen) atoms. The number of hydrogen-bond donors (Lipinski definition) is 1. The first-order valence-electron chi connectivity index (χ1n) is 8.31. The SMILES string of the molecule is CC(C)(C)OC(=O)N1CCN(c2ccc([N+](=O)[O-])c(C#N)c2Cl)C[C@@H]1CO. The maximum Gasteiger partial charge on any atom is 0.410 e. The molecule has 1 aromatic carbocycles. The van der Waals surface area contributed by atoms with E-state index in [4.69, 9.17) is 16.3 Å². The van der Waals surface area contributed by atoms with Crippen LogP contribution in [0, 0.1) is 21.4 Å². The smallest absolute Gasteiger partial charge is 0.410 e. The number of nitro benzene ring substituents is 1. The van der Waals surface area contributed by atoms with Crippen LogP contribution in [0.1, 0.15) is 26.3 Å². The number of nitriles is 1. The zero-order valence-electron chi connectivity index (χ0n) is 15.3. The second kappa shape index (κ2) is 7.98. The molecular weight excluding hydrogens is 376 g/mol. The third-order valence-electron chi connectivity index (χ3n) is 4.07. The van der Waals surface area contributed by atoms with Crippen molar-refractivity contribution in [2.75, 3.05) is 31.1 Å². The number of halogens is 1. The summed E-state index contributed by atoms with van der Waals surface area (Å²) in [6.45, 7) is 5.89. The Hall–Kier alpha value is -2.57. The van der Waals surface area contributed by atoms with Crippen molar-refractivity contribution in [3.63, 3.8) is 0 Å². The number of anilines is 1. The quantitative estimate of drug-likeness (QED) is 0.615. The fraction of sp³-hybridized carbons (Fsp3) is 0.529. The van der Waals surface area contributed by atoms with Crippen LogP contribution in [-0.2, 0) is 4.74 Å². The zero-order valence-corrected chi connectivity index (χ0v) is 16.1. The molecule has 1 saturated heterocycles. The number of amides is 1. The van der Waals surface area contributed by atoms with E-state index >= 15 is 0 Å². The lowest BCUT2D eigenvalue weighted by Gasteiger charge is -2.42. The van der Waals surface area contributed by atoms with Crippen LogP contribution < -0.4 is 4.90 Å². The Labute approximate surface area is 161 Å². The van der Waals surface area contributed by atoms with Gasteiger partial charge in [0.05, 0.1) is 28.3 Å². The van der Waals surface area contributed by atoms with E-state index in [1.807, 2.05) is 0 Å². The normalized spacial score (nSPS) is 17.4. The van der Waals surface area contributed by atoms with E-state index in [2.05, 4.69) is 0 Å². The van der Waals surface area contributed by atoms with Gasteiger partial charge in [0.2, 0.25) is 0 Å². The van der Waals surface area contributed by atoms with Gasteiger partial charge in [0.15, 0.2) is 5.56 Å². The van der Waals surface area contributed by atoms with Crippen LogP contribution in [0.3, 0.4) is 0 Å². The number of piperazine rings is 1. The highest BCUT2D eigenvalue weighted by molar-refractivity contribution is 6.34. The summed E-state index contributed by atoms with van der Waals surface area (Å²) in [4.78, 5) is 26.0. The summed E-state index contributed by atoms with van der Waals surface area (Å²) in [5.74, 6) is 0. The molecule has 1 amide bonds. The number of carbonyl (C=O) groups is 1. The summed E-state index contributed by atoms with van der Waals surface area (Å²) in [7, 11) is 0. The summed E-state index contributed by atoms with van der Waals surface area (Å²) in [6, 6.07) is 3.93. The fourth-order valence-electron chi connectivity index (χ4n) is 2.85. The van der Waals surface area contributed by atoms with Crippen molar-refractivity contribution in [3.8, 4) is 6.07 Å². The van der Waals surface area contributed by atoms with Crippen LogP contribution in [0.25, 0.3) is 0 Å². The number of nitrogens with zero attached hydrogens (tertiary/aromatic N) is 4. The maximum atomic E-state index is 12.3. The van der Waals surface area contributed by atoms with Crippen molar-refractivity contribution in [3.05, 3.63) is 32.8 Å². The van der Waals surface area contributed by atoms with E-state index in [0.29, 0.717) is 12.2 Å². The number of aliphatic hydroxyl groups is 1. The average Bonchev–Trinajstić information content (AvgIpc) is 2.59. The van der Waals surface area contributed by atoms with Gasteiger partial charge in [-0.1, -0.05) is 11.6 Å². The summed E-state index contributed by atoms with van der Waals surface area (Å²) in [5, 5.41) is 30.0. The van der Waals surface area contributed by atoms with Crippen molar-refractivity contribution < 1.29 is 19.6 Å². The van der Waals surface area contributed by atoms with Crippen molar-refractivity contribution in [1.29, 1.82) is 5.26 Å². The molecule has 1 aliphatic heterocycles. The van der Waals surface area contributed by atoms with Gasteiger partial charge >= 0.3 is 6.09 Å². The lowest BCUT2D eigenvalue weighted by atomic mass is 10.1. The number of hydrogen-bond acceptors (Lipinski definition) is 7. The molecule has 0 spiro atoms. The predicted octanol–water partition coefficient (Wildman–Crippen LogP) is 2.54. The summed E-state index contributed by atoms with van der Waals surface area (Å²) >= 11 is 6.23. The van der Waals surface area contributed by atoms with Crippen LogP contribution in [0.4, 0.5) is 16.2 Å². The molecule has 1 atom stereocenters. The summed E-state index contributed by atoms with van der Waals surface area (Å²) in [5.41, 5.74) is -0.787. The number of carbonyl (C=O) groups excluding carboxylic acids is 1. The van der Waals surface area contributed by atoms with Gasteiger partial charge in [-0.15, -0.1) is 0 Å². The van der Waals surface area contributed by atoms with Crippen molar-refractivity contribution in [2.45, 2.75) is 32.4 Å². The van der Waals surface area contributed by atoms with Gasteiger partial charge in [-0.25, -0.2) is 4.79 Å². The van der Waals surface area contributed by atoms with E-state index in [0.717, 1.165) is 0 Å². The van der Waals surface area contributed by atoms with Gasteiger partial charge < -0.3 is 14.7 Å². The molecule has 0 aromatic heterocycles. The molecule has 1 heterocycles. The first-order chi connectivity index (χ1) is 12.6. The van der Waals surface area contributed by atoms with Crippen LogP contribution in [-0.4, -0.2) is 58.9 Å².